The summed E-state index contributed by atoms with van der Waals surface area (Å²) in [6.45, 7) is 2.25. The first-order valence-corrected chi connectivity index (χ1v) is 11.3. The van der Waals surface area contributed by atoms with E-state index < -0.39 is 0 Å². The fourth-order valence-corrected chi connectivity index (χ4v) is 3.06. The lowest BCUT2D eigenvalue weighted by molar-refractivity contribution is -0.111. The van der Waals surface area contributed by atoms with Gasteiger partial charge < -0.3 is 0 Å². The van der Waals surface area contributed by atoms with Crippen LogP contribution in [0.3, 0.4) is 0 Å². The fourth-order valence-electron chi connectivity index (χ4n) is 3.06. The number of allylic oxidation sites excluding steroid dienone is 6. The van der Waals surface area contributed by atoms with Crippen LogP contribution in [0.5, 0.6) is 0 Å². The lowest BCUT2D eigenvalue weighted by Crippen LogP contribution is -1.85. The first kappa shape index (κ1) is 25.6. The number of rotatable bonds is 20. The molecule has 0 aromatic heterocycles. The Labute approximate surface area is 168 Å². The first-order valence-electron chi connectivity index (χ1n) is 11.3. The molecular weight excluding hydrogens is 332 g/mol. The van der Waals surface area contributed by atoms with Gasteiger partial charge in [0.15, 0.2) is 5.78 Å². The molecule has 0 saturated heterocycles. The Kier molecular flexibility index (Phi) is 21.4. The van der Waals surface area contributed by atoms with Gasteiger partial charge in [-0.3, -0.25) is 9.59 Å². The van der Waals surface area contributed by atoms with E-state index in [0.29, 0.717) is 6.29 Å². The third kappa shape index (κ3) is 22.5. The highest BCUT2D eigenvalue weighted by molar-refractivity contribution is 6.00. The van der Waals surface area contributed by atoms with Gasteiger partial charge in [-0.2, -0.15) is 0 Å². The van der Waals surface area contributed by atoms with E-state index >= 15 is 0 Å². The quantitative estimate of drug-likeness (QED) is 0.0947. The average molecular weight is 375 g/mol. The minimum atomic E-state index is -0.106. The normalized spacial score (nSPS) is 11.9. The molecule has 0 atom stereocenters. The second-order valence-electron chi connectivity index (χ2n) is 7.38. The number of unbranched alkanes of at least 4 members (excludes halogenated alkanes) is 14. The molecule has 0 saturated carbocycles. The lowest BCUT2D eigenvalue weighted by atomic mass is 10.0. The van der Waals surface area contributed by atoms with Crippen LogP contribution in [0.1, 0.15) is 110 Å². The Morgan fingerprint density at radius 2 is 1.04 bits per heavy atom. The molecule has 0 aliphatic carbocycles. The van der Waals surface area contributed by atoms with Crippen LogP contribution in [0, 0.1) is 0 Å². The molecule has 0 aromatic carbocycles. The van der Waals surface area contributed by atoms with E-state index in [1.807, 2.05) is 6.08 Å². The van der Waals surface area contributed by atoms with Gasteiger partial charge in [0.05, 0.1) is 0 Å². The predicted octanol–water partition coefficient (Wildman–Crippen LogP) is 7.68. The van der Waals surface area contributed by atoms with Crippen molar-refractivity contribution < 1.29 is 9.59 Å². The Bertz CT molecular complexity index is 418. The predicted molar refractivity (Wildman–Crippen MR) is 118 cm³/mol. The van der Waals surface area contributed by atoms with Crippen LogP contribution in [0.25, 0.3) is 0 Å². The van der Waals surface area contributed by atoms with Gasteiger partial charge in [0.1, 0.15) is 6.29 Å². The highest BCUT2D eigenvalue weighted by Crippen LogP contribution is 2.13. The molecule has 154 valence electrons. The summed E-state index contributed by atoms with van der Waals surface area (Å²) in [6, 6.07) is 0. The number of aldehydes is 1. The zero-order chi connectivity index (χ0) is 19.8. The molecule has 0 aliphatic heterocycles. The van der Waals surface area contributed by atoms with Gasteiger partial charge in [-0.15, -0.1) is 0 Å². The van der Waals surface area contributed by atoms with Gasteiger partial charge in [-0.05, 0) is 50.3 Å². The van der Waals surface area contributed by atoms with Gasteiger partial charge in [0.2, 0.25) is 0 Å². The van der Waals surface area contributed by atoms with E-state index in [-0.39, 0.29) is 5.78 Å². The molecule has 0 unspecified atom stereocenters. The minimum absolute atomic E-state index is 0.106. The molecule has 0 bridgehead atoms. The zero-order valence-corrected chi connectivity index (χ0v) is 17.7. The van der Waals surface area contributed by atoms with Gasteiger partial charge in [0.25, 0.3) is 0 Å². The van der Waals surface area contributed by atoms with Gasteiger partial charge in [0, 0.05) is 0 Å². The number of carbonyl (C=O) groups excluding carboxylic acids is 2. The average Bonchev–Trinajstić information content (AvgIpc) is 2.68. The molecule has 0 amide bonds. The summed E-state index contributed by atoms with van der Waals surface area (Å²) in [5.74, 6) is -0.106. The van der Waals surface area contributed by atoms with Crippen molar-refractivity contribution in [2.45, 2.75) is 110 Å². The summed E-state index contributed by atoms with van der Waals surface area (Å²) in [5.41, 5.74) is 0. The molecule has 0 fully saturated rings. The maximum absolute atomic E-state index is 11.2. The third-order valence-electron chi connectivity index (χ3n) is 4.75. The van der Waals surface area contributed by atoms with Crippen molar-refractivity contribution in [2.24, 2.45) is 0 Å². The summed E-state index contributed by atoms with van der Waals surface area (Å²) < 4.78 is 0. The lowest BCUT2D eigenvalue weighted by Gasteiger charge is -2.02. The molecule has 27 heavy (non-hydrogen) atoms. The summed E-state index contributed by atoms with van der Waals surface area (Å²) in [4.78, 5) is 21.3. The van der Waals surface area contributed by atoms with E-state index in [2.05, 4.69) is 19.1 Å². The summed E-state index contributed by atoms with van der Waals surface area (Å²) in [6.07, 6.45) is 32.2. The van der Waals surface area contributed by atoms with Gasteiger partial charge in [-0.25, -0.2) is 0 Å². The van der Waals surface area contributed by atoms with E-state index in [1.54, 1.807) is 6.08 Å². The molecular formula is C25H42O2. The van der Waals surface area contributed by atoms with Crippen LogP contribution < -0.4 is 0 Å². The van der Waals surface area contributed by atoms with Crippen molar-refractivity contribution in [2.75, 3.05) is 0 Å². The number of ketones is 1. The summed E-state index contributed by atoms with van der Waals surface area (Å²) >= 11 is 0. The molecule has 0 aliphatic rings. The smallest absolute Gasteiger partial charge is 0.178 e. The standard InChI is InChI=1S/C25H42O2/c1-2-3-4-5-6-7-8-9-10-11-12-13-14-15-16-17-18-19-20-22-25(27)23-21-24-26/h5-6,20-24H,2-4,7-19H2,1H3/b6-5+,22-20+,23-21+. The maximum atomic E-state index is 11.2. The maximum Gasteiger partial charge on any atom is 0.178 e. The molecule has 2 heteroatoms. The number of hydrogen-bond acceptors (Lipinski definition) is 2. The molecule has 0 N–H and O–H groups in total. The summed E-state index contributed by atoms with van der Waals surface area (Å²) in [5, 5.41) is 0. The molecule has 0 rings (SSSR count). The largest absolute Gasteiger partial charge is 0.299 e. The molecule has 0 spiro atoms. The molecule has 0 aromatic rings. The van der Waals surface area contributed by atoms with E-state index in [1.165, 1.54) is 102 Å². The highest BCUT2D eigenvalue weighted by atomic mass is 16.1. The fraction of sp³-hybridized carbons (Fsp3) is 0.680. The molecule has 0 heterocycles. The number of carbonyl (C=O) groups is 2. The minimum Gasteiger partial charge on any atom is -0.299 e. The van der Waals surface area contributed by atoms with E-state index in [0.717, 1.165) is 12.8 Å². The Hall–Kier alpha value is -1.44. The van der Waals surface area contributed by atoms with Crippen molar-refractivity contribution in [1.29, 1.82) is 0 Å². The SMILES string of the molecule is CCCC/C=C/CCCCCCCCCCCCC/C=C/C(=O)/C=C/C=O. The first-order chi connectivity index (χ1) is 13.3. The Morgan fingerprint density at radius 3 is 1.52 bits per heavy atom. The Morgan fingerprint density at radius 1 is 0.593 bits per heavy atom. The van der Waals surface area contributed by atoms with Crippen LogP contribution in [0.4, 0.5) is 0 Å². The monoisotopic (exact) mass is 374 g/mol. The number of hydrogen-bond donors (Lipinski definition) is 0. The molecule has 0 radical (unpaired) electrons. The van der Waals surface area contributed by atoms with E-state index in [4.69, 9.17) is 0 Å². The van der Waals surface area contributed by atoms with Crippen LogP contribution in [-0.4, -0.2) is 12.1 Å². The zero-order valence-electron chi connectivity index (χ0n) is 17.7. The van der Waals surface area contributed by atoms with Crippen molar-refractivity contribution in [3.05, 3.63) is 36.5 Å². The van der Waals surface area contributed by atoms with E-state index in [9.17, 15) is 9.59 Å². The van der Waals surface area contributed by atoms with Crippen LogP contribution in [-0.2, 0) is 9.59 Å². The second kappa shape index (κ2) is 22.6. The van der Waals surface area contributed by atoms with Crippen molar-refractivity contribution in [3.63, 3.8) is 0 Å². The Balaban J connectivity index is 3.20. The van der Waals surface area contributed by atoms with Crippen LogP contribution in [0.15, 0.2) is 36.5 Å². The van der Waals surface area contributed by atoms with Crippen molar-refractivity contribution in [1.82, 2.24) is 0 Å². The van der Waals surface area contributed by atoms with Gasteiger partial charge >= 0.3 is 0 Å². The third-order valence-corrected chi connectivity index (χ3v) is 4.75. The van der Waals surface area contributed by atoms with Gasteiger partial charge in [-0.1, -0.05) is 95.8 Å². The topological polar surface area (TPSA) is 34.1 Å². The highest BCUT2D eigenvalue weighted by Gasteiger charge is 1.93. The van der Waals surface area contributed by atoms with Crippen molar-refractivity contribution in [3.8, 4) is 0 Å². The van der Waals surface area contributed by atoms with Crippen LogP contribution in [0.2, 0.25) is 0 Å². The molecule has 2 nitrogen and oxygen atoms in total. The second-order valence-corrected chi connectivity index (χ2v) is 7.38. The summed E-state index contributed by atoms with van der Waals surface area (Å²) in [7, 11) is 0. The van der Waals surface area contributed by atoms with Crippen molar-refractivity contribution >= 4 is 12.1 Å². The van der Waals surface area contributed by atoms with Crippen LogP contribution >= 0.6 is 0 Å².